The molecule has 1 N–H and O–H groups in total. The Labute approximate surface area is 96.0 Å². The van der Waals surface area contributed by atoms with Crippen LogP contribution in [0.5, 0.6) is 0 Å². The molecule has 1 aliphatic carbocycles. The highest BCUT2D eigenvalue weighted by Crippen LogP contribution is 2.27. The lowest BCUT2D eigenvalue weighted by Crippen LogP contribution is -2.48. The minimum atomic E-state index is -0.944. The summed E-state index contributed by atoms with van der Waals surface area (Å²) in [6.45, 7) is 6.20. The fourth-order valence-electron chi connectivity index (χ4n) is 1.77. The minimum Gasteiger partial charge on any atom is -0.480 e. The predicted octanol–water partition coefficient (Wildman–Crippen LogP) is 1.39. The fraction of sp³-hybridized carbons (Fsp3) is 0.818. The van der Waals surface area contributed by atoms with Crippen LogP contribution in [-0.2, 0) is 4.79 Å². The molecule has 0 saturated heterocycles. The molecule has 92 valence electrons. The number of hydrogen-bond donors (Lipinski definition) is 1. The lowest BCUT2D eigenvalue weighted by molar-refractivity contribution is -0.137. The summed E-state index contributed by atoms with van der Waals surface area (Å²) in [5.74, 6) is -0.944. The van der Waals surface area contributed by atoms with E-state index in [0.717, 1.165) is 12.8 Å². The van der Waals surface area contributed by atoms with E-state index in [-0.39, 0.29) is 24.7 Å². The van der Waals surface area contributed by atoms with Crippen LogP contribution in [0, 0.1) is 0 Å². The lowest BCUT2D eigenvalue weighted by Gasteiger charge is -2.31. The van der Waals surface area contributed by atoms with Crippen molar-refractivity contribution >= 4 is 12.0 Å². The van der Waals surface area contributed by atoms with Gasteiger partial charge in [0, 0.05) is 18.6 Å². The van der Waals surface area contributed by atoms with Crippen molar-refractivity contribution in [2.24, 2.45) is 0 Å². The first-order chi connectivity index (χ1) is 7.47. The highest BCUT2D eigenvalue weighted by molar-refractivity contribution is 5.81. The van der Waals surface area contributed by atoms with Crippen LogP contribution in [0.2, 0.25) is 0 Å². The first-order valence-electron chi connectivity index (χ1n) is 5.76. The summed E-state index contributed by atoms with van der Waals surface area (Å²) in [5, 5.41) is 8.79. The fourth-order valence-corrected chi connectivity index (χ4v) is 1.77. The Morgan fingerprint density at radius 1 is 1.38 bits per heavy atom. The second-order valence-electron chi connectivity index (χ2n) is 4.42. The summed E-state index contributed by atoms with van der Waals surface area (Å²) < 4.78 is 0. The second kappa shape index (κ2) is 5.18. The number of amides is 2. The smallest absolute Gasteiger partial charge is 0.323 e. The third-order valence-corrected chi connectivity index (χ3v) is 2.75. The average Bonchev–Trinajstić information content (AvgIpc) is 2.97. The molecule has 0 spiro atoms. The average molecular weight is 228 g/mol. The van der Waals surface area contributed by atoms with Gasteiger partial charge in [0.25, 0.3) is 0 Å². The van der Waals surface area contributed by atoms with E-state index in [2.05, 4.69) is 0 Å². The number of carbonyl (C=O) groups excluding carboxylic acids is 1. The number of nitrogens with zero attached hydrogens (tertiary/aromatic N) is 2. The summed E-state index contributed by atoms with van der Waals surface area (Å²) in [4.78, 5) is 26.0. The Hall–Kier alpha value is -1.26. The van der Waals surface area contributed by atoms with Crippen molar-refractivity contribution in [3.8, 4) is 0 Å². The molecule has 0 aromatic carbocycles. The van der Waals surface area contributed by atoms with Crippen molar-refractivity contribution in [2.75, 3.05) is 13.1 Å². The number of carboxylic acids is 1. The highest BCUT2D eigenvalue weighted by atomic mass is 16.4. The standard InChI is InChI=1S/C11H20N2O3/c1-4-12(8(2)3)11(16)13(7-10(14)15)9-5-6-9/h8-9H,4-7H2,1-3H3,(H,14,15). The molecule has 2 amide bonds. The van der Waals surface area contributed by atoms with Crippen LogP contribution in [0.25, 0.3) is 0 Å². The van der Waals surface area contributed by atoms with Gasteiger partial charge in [-0.3, -0.25) is 4.79 Å². The van der Waals surface area contributed by atoms with E-state index < -0.39 is 5.97 Å². The van der Waals surface area contributed by atoms with Crippen LogP contribution in [-0.4, -0.2) is 52.1 Å². The van der Waals surface area contributed by atoms with Crippen LogP contribution in [0.4, 0.5) is 4.79 Å². The van der Waals surface area contributed by atoms with E-state index in [4.69, 9.17) is 5.11 Å². The van der Waals surface area contributed by atoms with Gasteiger partial charge in [0.2, 0.25) is 0 Å². The Kier molecular flexibility index (Phi) is 4.15. The molecule has 0 aliphatic heterocycles. The van der Waals surface area contributed by atoms with Crippen molar-refractivity contribution in [3.63, 3.8) is 0 Å². The first-order valence-corrected chi connectivity index (χ1v) is 5.76. The van der Waals surface area contributed by atoms with Crippen molar-refractivity contribution in [3.05, 3.63) is 0 Å². The summed E-state index contributed by atoms with van der Waals surface area (Å²) in [6, 6.07) is 0.0892. The largest absolute Gasteiger partial charge is 0.480 e. The van der Waals surface area contributed by atoms with E-state index >= 15 is 0 Å². The van der Waals surface area contributed by atoms with Gasteiger partial charge >= 0.3 is 12.0 Å². The van der Waals surface area contributed by atoms with Crippen molar-refractivity contribution in [2.45, 2.75) is 45.7 Å². The summed E-state index contributed by atoms with van der Waals surface area (Å²) >= 11 is 0. The Balaban J connectivity index is 2.69. The van der Waals surface area contributed by atoms with Crippen molar-refractivity contribution < 1.29 is 14.7 Å². The SMILES string of the molecule is CCN(C(=O)N(CC(=O)O)C1CC1)C(C)C. The van der Waals surface area contributed by atoms with E-state index in [1.54, 1.807) is 4.90 Å². The van der Waals surface area contributed by atoms with Crippen LogP contribution >= 0.6 is 0 Å². The summed E-state index contributed by atoms with van der Waals surface area (Å²) in [5.41, 5.74) is 0. The molecule has 0 heterocycles. The van der Waals surface area contributed by atoms with Gasteiger partial charge in [-0.25, -0.2) is 4.79 Å². The van der Waals surface area contributed by atoms with E-state index in [0.29, 0.717) is 6.54 Å². The minimum absolute atomic E-state index is 0.104. The Morgan fingerprint density at radius 3 is 2.25 bits per heavy atom. The number of hydrogen-bond acceptors (Lipinski definition) is 2. The number of rotatable bonds is 5. The molecular formula is C11H20N2O3. The van der Waals surface area contributed by atoms with Crippen molar-refractivity contribution in [1.82, 2.24) is 9.80 Å². The molecule has 0 aromatic heterocycles. The van der Waals surface area contributed by atoms with Crippen molar-refractivity contribution in [1.29, 1.82) is 0 Å². The van der Waals surface area contributed by atoms with Crippen LogP contribution in [0.15, 0.2) is 0 Å². The molecule has 1 rings (SSSR count). The zero-order valence-electron chi connectivity index (χ0n) is 10.1. The third-order valence-electron chi connectivity index (χ3n) is 2.75. The van der Waals surface area contributed by atoms with E-state index in [1.165, 1.54) is 4.90 Å². The maximum atomic E-state index is 12.1. The molecule has 0 atom stereocenters. The quantitative estimate of drug-likeness (QED) is 0.773. The van der Waals surface area contributed by atoms with E-state index in [1.807, 2.05) is 20.8 Å². The molecule has 1 aliphatic rings. The molecule has 0 aromatic rings. The van der Waals surface area contributed by atoms with Crippen LogP contribution in [0.1, 0.15) is 33.6 Å². The van der Waals surface area contributed by atoms with Gasteiger partial charge < -0.3 is 14.9 Å². The number of aliphatic carboxylic acids is 1. The van der Waals surface area contributed by atoms with Gasteiger partial charge in [0.15, 0.2) is 0 Å². The summed E-state index contributed by atoms with van der Waals surface area (Å²) in [6.07, 6.45) is 1.85. The molecule has 0 radical (unpaired) electrons. The zero-order chi connectivity index (χ0) is 12.3. The molecule has 5 heteroatoms. The molecule has 5 nitrogen and oxygen atoms in total. The molecule has 16 heavy (non-hydrogen) atoms. The topological polar surface area (TPSA) is 60.9 Å². The highest BCUT2D eigenvalue weighted by Gasteiger charge is 2.36. The van der Waals surface area contributed by atoms with Gasteiger partial charge in [0.1, 0.15) is 6.54 Å². The van der Waals surface area contributed by atoms with Gasteiger partial charge in [0.05, 0.1) is 0 Å². The maximum absolute atomic E-state index is 12.1. The predicted molar refractivity (Wildman–Crippen MR) is 60.3 cm³/mol. The van der Waals surface area contributed by atoms with Gasteiger partial charge in [-0.05, 0) is 33.6 Å². The molecule has 1 fully saturated rings. The Morgan fingerprint density at radius 2 is 1.94 bits per heavy atom. The van der Waals surface area contributed by atoms with Gasteiger partial charge in [-0.15, -0.1) is 0 Å². The molecule has 0 unspecified atom stereocenters. The normalized spacial score (nSPS) is 15.0. The third kappa shape index (κ3) is 3.12. The Bertz CT molecular complexity index is 274. The van der Waals surface area contributed by atoms with Crippen LogP contribution < -0.4 is 0 Å². The maximum Gasteiger partial charge on any atom is 0.323 e. The molecule has 1 saturated carbocycles. The zero-order valence-corrected chi connectivity index (χ0v) is 10.1. The molecule has 0 bridgehead atoms. The summed E-state index contributed by atoms with van der Waals surface area (Å²) in [7, 11) is 0. The van der Waals surface area contributed by atoms with E-state index in [9.17, 15) is 9.59 Å². The van der Waals surface area contributed by atoms with Gasteiger partial charge in [-0.2, -0.15) is 0 Å². The monoisotopic (exact) mass is 228 g/mol. The number of carbonyl (C=O) groups is 2. The van der Waals surface area contributed by atoms with Gasteiger partial charge in [-0.1, -0.05) is 0 Å². The van der Waals surface area contributed by atoms with Crippen LogP contribution in [0.3, 0.4) is 0 Å². The molecular weight excluding hydrogens is 208 g/mol. The second-order valence-corrected chi connectivity index (χ2v) is 4.42. The lowest BCUT2D eigenvalue weighted by atomic mass is 10.3. The number of carboxylic acid groups (broad SMARTS) is 1. The first kappa shape index (κ1) is 12.8. The number of urea groups is 1.